The van der Waals surface area contributed by atoms with E-state index in [0.717, 1.165) is 10.8 Å². The van der Waals surface area contributed by atoms with Gasteiger partial charge in [-0.15, -0.1) is 12.4 Å². The Labute approximate surface area is 137 Å². The molecule has 1 amide bonds. The van der Waals surface area contributed by atoms with Crippen LogP contribution >= 0.6 is 12.4 Å². The van der Waals surface area contributed by atoms with Crippen LogP contribution in [-0.2, 0) is 10.0 Å². The summed E-state index contributed by atoms with van der Waals surface area (Å²) in [4.78, 5) is 14.2. The van der Waals surface area contributed by atoms with E-state index in [1.54, 1.807) is 11.8 Å². The second-order valence-electron chi connectivity index (χ2n) is 5.37. The van der Waals surface area contributed by atoms with E-state index in [2.05, 4.69) is 5.32 Å². The zero-order valence-corrected chi connectivity index (χ0v) is 14.8. The molecule has 1 N–H and O–H groups in total. The molecule has 0 saturated carbocycles. The van der Waals surface area contributed by atoms with E-state index in [1.807, 2.05) is 6.92 Å². The van der Waals surface area contributed by atoms with Crippen LogP contribution in [0.4, 0.5) is 0 Å². The fourth-order valence-electron chi connectivity index (χ4n) is 2.31. The van der Waals surface area contributed by atoms with Crippen molar-refractivity contribution in [1.82, 2.24) is 14.5 Å². The largest absolute Gasteiger partial charge is 0.455 e. The zero-order chi connectivity index (χ0) is 15.8. The Bertz CT molecular complexity index is 642. The highest BCUT2D eigenvalue weighted by molar-refractivity contribution is 7.89. The number of aryl methyl sites for hydroxylation is 1. The van der Waals surface area contributed by atoms with Crippen LogP contribution in [0.3, 0.4) is 0 Å². The lowest BCUT2D eigenvalue weighted by Gasteiger charge is -2.33. The van der Waals surface area contributed by atoms with Gasteiger partial charge < -0.3 is 14.6 Å². The van der Waals surface area contributed by atoms with E-state index in [9.17, 15) is 13.2 Å². The van der Waals surface area contributed by atoms with E-state index in [4.69, 9.17) is 4.42 Å². The minimum absolute atomic E-state index is 0. The molecule has 1 saturated heterocycles. The maximum absolute atomic E-state index is 12.5. The quantitative estimate of drug-likeness (QED) is 0.866. The number of rotatable bonds is 3. The van der Waals surface area contributed by atoms with Gasteiger partial charge in [0.1, 0.15) is 10.7 Å². The van der Waals surface area contributed by atoms with Gasteiger partial charge >= 0.3 is 0 Å². The number of carbonyl (C=O) groups excluding carboxylic acids is 1. The van der Waals surface area contributed by atoms with Crippen molar-refractivity contribution in [1.29, 1.82) is 0 Å². The first kappa shape index (κ1) is 19.0. The second kappa shape index (κ2) is 6.99. The van der Waals surface area contributed by atoms with E-state index >= 15 is 0 Å². The topological polar surface area (TPSA) is 82.9 Å². The van der Waals surface area contributed by atoms with Gasteiger partial charge in [0.25, 0.3) is 5.91 Å². The van der Waals surface area contributed by atoms with E-state index in [0.29, 0.717) is 13.1 Å². The maximum atomic E-state index is 12.5. The van der Waals surface area contributed by atoms with Crippen molar-refractivity contribution in [2.45, 2.75) is 24.8 Å². The van der Waals surface area contributed by atoms with Gasteiger partial charge in [-0.3, -0.25) is 4.79 Å². The van der Waals surface area contributed by atoms with Crippen LogP contribution < -0.4 is 5.32 Å². The predicted octanol–water partition coefficient (Wildman–Crippen LogP) is 0.694. The normalized spacial score (nSPS) is 19.1. The third-order valence-electron chi connectivity index (χ3n) is 3.60. The third kappa shape index (κ3) is 3.45. The van der Waals surface area contributed by atoms with Crippen molar-refractivity contribution in [3.8, 4) is 0 Å². The third-order valence-corrected chi connectivity index (χ3v) is 5.53. The summed E-state index contributed by atoms with van der Waals surface area (Å²) in [6, 6.07) is 1.37. The van der Waals surface area contributed by atoms with Gasteiger partial charge in [-0.25, -0.2) is 12.7 Å². The molecular formula is C13H22ClN3O4S. The summed E-state index contributed by atoms with van der Waals surface area (Å²) in [6.07, 6.45) is 0. The predicted molar refractivity (Wildman–Crippen MR) is 84.9 cm³/mol. The van der Waals surface area contributed by atoms with Crippen LogP contribution in [0.2, 0.25) is 0 Å². The molecule has 1 aliphatic heterocycles. The van der Waals surface area contributed by atoms with Crippen LogP contribution in [0.1, 0.15) is 23.2 Å². The van der Waals surface area contributed by atoms with Gasteiger partial charge in [0, 0.05) is 45.8 Å². The lowest BCUT2D eigenvalue weighted by molar-refractivity contribution is 0.0622. The molecule has 0 aromatic carbocycles. The van der Waals surface area contributed by atoms with Gasteiger partial charge in [0.05, 0.1) is 0 Å². The highest BCUT2D eigenvalue weighted by Crippen LogP contribution is 2.24. The molecule has 1 aromatic rings. The molecule has 1 atom stereocenters. The number of amides is 1. The zero-order valence-electron chi connectivity index (χ0n) is 13.1. The van der Waals surface area contributed by atoms with E-state index in [-0.39, 0.29) is 40.8 Å². The average Bonchev–Trinajstić information content (AvgIpc) is 2.81. The molecule has 0 aliphatic carbocycles. The van der Waals surface area contributed by atoms with Crippen molar-refractivity contribution in [3.05, 3.63) is 17.6 Å². The van der Waals surface area contributed by atoms with Crippen molar-refractivity contribution in [2.75, 3.05) is 33.7 Å². The number of piperazine rings is 1. The summed E-state index contributed by atoms with van der Waals surface area (Å²) in [5.41, 5.74) is 0. The van der Waals surface area contributed by atoms with Crippen molar-refractivity contribution in [3.63, 3.8) is 0 Å². The Balaban J connectivity index is 0.00000242. The Morgan fingerprint density at radius 3 is 2.64 bits per heavy atom. The van der Waals surface area contributed by atoms with Crippen molar-refractivity contribution in [2.24, 2.45) is 0 Å². The summed E-state index contributed by atoms with van der Waals surface area (Å²) in [5, 5.41) is 3.20. The number of nitrogens with zero attached hydrogens (tertiary/aromatic N) is 2. The van der Waals surface area contributed by atoms with Crippen molar-refractivity contribution < 1.29 is 17.6 Å². The molecule has 22 heavy (non-hydrogen) atoms. The molecule has 126 valence electrons. The Morgan fingerprint density at radius 1 is 1.45 bits per heavy atom. The van der Waals surface area contributed by atoms with Gasteiger partial charge in [0.2, 0.25) is 10.0 Å². The highest BCUT2D eigenvalue weighted by Gasteiger charge is 2.30. The summed E-state index contributed by atoms with van der Waals surface area (Å²) >= 11 is 0. The molecule has 0 unspecified atom stereocenters. The molecule has 7 nitrogen and oxygen atoms in total. The smallest absolute Gasteiger partial charge is 0.289 e. The number of carbonyl (C=O) groups is 1. The maximum Gasteiger partial charge on any atom is 0.289 e. The number of hydrogen-bond donors (Lipinski definition) is 1. The number of sulfonamides is 1. The second-order valence-corrected chi connectivity index (χ2v) is 7.49. The molecule has 0 radical (unpaired) electrons. The molecule has 9 heteroatoms. The Morgan fingerprint density at radius 2 is 2.09 bits per heavy atom. The fourth-order valence-corrected chi connectivity index (χ4v) is 3.36. The van der Waals surface area contributed by atoms with Crippen LogP contribution in [0.5, 0.6) is 0 Å². The lowest BCUT2D eigenvalue weighted by atomic mass is 10.2. The van der Waals surface area contributed by atoms with Gasteiger partial charge in [-0.1, -0.05) is 0 Å². The Hall–Kier alpha value is -1.09. The highest BCUT2D eigenvalue weighted by atomic mass is 35.5. The standard InChI is InChI=1S/C13H21N3O4S.ClH/c1-9-8-14-5-6-16(9)13(17)11-7-12(10(2)20-11)21(18,19)15(3)4;/h7,9,14H,5-6,8H2,1-4H3;1H/t9-;/m0./s1. The number of furan rings is 1. The molecule has 2 rings (SSSR count). The first-order valence-corrected chi connectivity index (χ1v) is 8.23. The number of hydrogen-bond acceptors (Lipinski definition) is 5. The summed E-state index contributed by atoms with van der Waals surface area (Å²) in [7, 11) is -0.716. The summed E-state index contributed by atoms with van der Waals surface area (Å²) < 4.78 is 30.8. The minimum atomic E-state index is -3.61. The summed E-state index contributed by atoms with van der Waals surface area (Å²) in [5.74, 6) is 0.0313. The molecule has 2 heterocycles. The van der Waals surface area contributed by atoms with Gasteiger partial charge in [-0.2, -0.15) is 0 Å². The SMILES string of the molecule is Cc1oc(C(=O)N2CCNC[C@@H]2C)cc1S(=O)(=O)N(C)C.Cl. The van der Waals surface area contributed by atoms with Crippen LogP contribution in [0.15, 0.2) is 15.4 Å². The van der Waals surface area contributed by atoms with E-state index < -0.39 is 10.0 Å². The van der Waals surface area contributed by atoms with Crippen LogP contribution in [0.25, 0.3) is 0 Å². The van der Waals surface area contributed by atoms with Gasteiger partial charge in [-0.05, 0) is 13.8 Å². The average molecular weight is 352 g/mol. The number of halogens is 1. The van der Waals surface area contributed by atoms with Crippen molar-refractivity contribution >= 4 is 28.3 Å². The first-order chi connectivity index (χ1) is 9.75. The first-order valence-electron chi connectivity index (χ1n) is 6.79. The molecule has 1 aromatic heterocycles. The summed E-state index contributed by atoms with van der Waals surface area (Å²) in [6.45, 7) is 5.51. The Kier molecular flexibility index (Phi) is 6.03. The van der Waals surface area contributed by atoms with Crippen LogP contribution in [-0.4, -0.2) is 63.3 Å². The minimum Gasteiger partial charge on any atom is -0.455 e. The fraction of sp³-hybridized carbons (Fsp3) is 0.615. The number of nitrogens with one attached hydrogen (secondary N) is 1. The van der Waals surface area contributed by atoms with E-state index in [1.165, 1.54) is 20.2 Å². The molecule has 0 spiro atoms. The monoisotopic (exact) mass is 351 g/mol. The lowest BCUT2D eigenvalue weighted by Crippen LogP contribution is -2.52. The van der Waals surface area contributed by atoms with Gasteiger partial charge in [0.15, 0.2) is 5.76 Å². The molecule has 0 bridgehead atoms. The molecule has 1 fully saturated rings. The molecular weight excluding hydrogens is 330 g/mol. The molecule has 1 aliphatic rings. The van der Waals surface area contributed by atoms with Crippen LogP contribution in [0, 0.1) is 6.92 Å².